The van der Waals surface area contributed by atoms with Crippen molar-refractivity contribution in [3.63, 3.8) is 0 Å². The third-order valence-corrected chi connectivity index (χ3v) is 2.06. The van der Waals surface area contributed by atoms with Crippen molar-refractivity contribution in [1.82, 2.24) is 0 Å². The molecule has 0 aromatic carbocycles. The minimum absolute atomic E-state index is 0.945. The first kappa shape index (κ1) is 5.30. The van der Waals surface area contributed by atoms with Gasteiger partial charge < -0.3 is 4.42 Å². The van der Waals surface area contributed by atoms with E-state index in [-0.39, 0.29) is 0 Å². The number of hydrogen-bond acceptors (Lipinski definition) is 1. The molecule has 0 amide bonds. The van der Waals surface area contributed by atoms with Crippen molar-refractivity contribution >= 4 is 22.0 Å². The highest BCUT2D eigenvalue weighted by atomic mass is 79.9. The van der Waals surface area contributed by atoms with Gasteiger partial charge in [-0.1, -0.05) is 12.2 Å². The molecule has 0 radical (unpaired) electrons. The Balaban J connectivity index is 2.67. The van der Waals surface area contributed by atoms with E-state index in [0.717, 1.165) is 16.7 Å². The highest BCUT2D eigenvalue weighted by Gasteiger charge is 2.11. The molecule has 0 spiro atoms. The number of furan rings is 1. The van der Waals surface area contributed by atoms with Crippen molar-refractivity contribution in [2.45, 2.75) is 6.42 Å². The summed E-state index contributed by atoms with van der Waals surface area (Å²) in [6.45, 7) is 0. The van der Waals surface area contributed by atoms with Crippen molar-refractivity contribution in [2.24, 2.45) is 0 Å². The summed E-state index contributed by atoms with van der Waals surface area (Å²) in [4.78, 5) is 0. The second-order valence-electron chi connectivity index (χ2n) is 2.03. The van der Waals surface area contributed by atoms with Gasteiger partial charge in [-0.2, -0.15) is 0 Å². The minimum Gasteiger partial charge on any atom is -0.467 e. The van der Waals surface area contributed by atoms with E-state index in [2.05, 4.69) is 28.1 Å². The van der Waals surface area contributed by atoms with Crippen LogP contribution in [0.4, 0.5) is 0 Å². The average Bonchev–Trinajstić information content (AvgIpc) is 2.35. The molecule has 0 bridgehead atoms. The van der Waals surface area contributed by atoms with Gasteiger partial charge in [0, 0.05) is 12.0 Å². The molecule has 0 atom stereocenters. The van der Waals surface area contributed by atoms with E-state index in [9.17, 15) is 0 Å². The molecule has 1 aliphatic carbocycles. The molecule has 0 N–H and O–H groups in total. The fourth-order valence-electron chi connectivity index (χ4n) is 0.997. The van der Waals surface area contributed by atoms with Gasteiger partial charge >= 0.3 is 0 Å². The Morgan fingerprint density at radius 1 is 1.56 bits per heavy atom. The van der Waals surface area contributed by atoms with E-state index in [1.54, 1.807) is 6.26 Å². The summed E-state index contributed by atoms with van der Waals surface area (Å²) >= 11 is 3.37. The van der Waals surface area contributed by atoms with Crippen molar-refractivity contribution in [1.29, 1.82) is 0 Å². The molecule has 1 heterocycles. The SMILES string of the molecule is Brc1coc2c1C=CC2. The summed E-state index contributed by atoms with van der Waals surface area (Å²) in [5.74, 6) is 1.07. The van der Waals surface area contributed by atoms with Gasteiger partial charge in [0.2, 0.25) is 0 Å². The van der Waals surface area contributed by atoms with E-state index in [4.69, 9.17) is 4.42 Å². The van der Waals surface area contributed by atoms with Crippen LogP contribution in [0.3, 0.4) is 0 Å². The smallest absolute Gasteiger partial charge is 0.115 e. The van der Waals surface area contributed by atoms with Crippen LogP contribution in [0.25, 0.3) is 6.08 Å². The van der Waals surface area contributed by atoms with Gasteiger partial charge in [0.1, 0.15) is 12.0 Å². The van der Waals surface area contributed by atoms with Crippen LogP contribution in [0, 0.1) is 0 Å². The maximum absolute atomic E-state index is 5.20. The molecule has 1 aromatic heterocycles. The van der Waals surface area contributed by atoms with Crippen LogP contribution in [0.2, 0.25) is 0 Å². The molecule has 46 valence electrons. The molecule has 0 unspecified atom stereocenters. The van der Waals surface area contributed by atoms with Crippen LogP contribution in [-0.4, -0.2) is 0 Å². The lowest BCUT2D eigenvalue weighted by Gasteiger charge is -1.81. The lowest BCUT2D eigenvalue weighted by atomic mass is 10.3. The maximum Gasteiger partial charge on any atom is 0.115 e. The Hall–Kier alpha value is -0.500. The molecule has 1 aliphatic rings. The minimum atomic E-state index is 0.945. The lowest BCUT2D eigenvalue weighted by molar-refractivity contribution is 0.523. The number of allylic oxidation sites excluding steroid dienone is 1. The zero-order valence-electron chi connectivity index (χ0n) is 4.73. The van der Waals surface area contributed by atoms with Crippen LogP contribution in [0.1, 0.15) is 11.3 Å². The number of hydrogen-bond donors (Lipinski definition) is 0. The summed E-state index contributed by atoms with van der Waals surface area (Å²) in [6.07, 6.45) is 6.84. The third kappa shape index (κ3) is 0.663. The number of rotatable bonds is 0. The number of halogens is 1. The van der Waals surface area contributed by atoms with Crippen molar-refractivity contribution in [3.05, 3.63) is 28.1 Å². The Morgan fingerprint density at radius 2 is 2.44 bits per heavy atom. The van der Waals surface area contributed by atoms with Crippen LogP contribution >= 0.6 is 15.9 Å². The summed E-state index contributed by atoms with van der Waals surface area (Å²) in [6, 6.07) is 0. The second-order valence-corrected chi connectivity index (χ2v) is 2.88. The van der Waals surface area contributed by atoms with E-state index in [1.807, 2.05) is 0 Å². The van der Waals surface area contributed by atoms with Crippen LogP contribution in [0.15, 0.2) is 21.2 Å². The molecular formula is C7H5BrO. The van der Waals surface area contributed by atoms with E-state index >= 15 is 0 Å². The molecule has 1 nitrogen and oxygen atoms in total. The molecule has 2 rings (SSSR count). The molecule has 0 fully saturated rings. The average molecular weight is 185 g/mol. The van der Waals surface area contributed by atoms with Gasteiger partial charge in [-0.3, -0.25) is 0 Å². The van der Waals surface area contributed by atoms with Crippen molar-refractivity contribution in [2.75, 3.05) is 0 Å². The Bertz CT molecular complexity index is 260. The maximum atomic E-state index is 5.20. The summed E-state index contributed by atoms with van der Waals surface area (Å²) < 4.78 is 6.26. The zero-order valence-corrected chi connectivity index (χ0v) is 6.31. The van der Waals surface area contributed by atoms with Crippen LogP contribution in [-0.2, 0) is 6.42 Å². The first-order valence-electron chi connectivity index (χ1n) is 2.80. The first-order chi connectivity index (χ1) is 4.38. The van der Waals surface area contributed by atoms with Gasteiger partial charge in [0.05, 0.1) is 4.47 Å². The fourth-order valence-corrected chi connectivity index (χ4v) is 1.44. The topological polar surface area (TPSA) is 13.1 Å². The zero-order chi connectivity index (χ0) is 6.27. The normalized spacial score (nSPS) is 14.3. The molecule has 2 heteroatoms. The fraction of sp³-hybridized carbons (Fsp3) is 0.143. The van der Waals surface area contributed by atoms with E-state index in [1.165, 1.54) is 5.56 Å². The Morgan fingerprint density at radius 3 is 3.22 bits per heavy atom. The highest BCUT2D eigenvalue weighted by Crippen LogP contribution is 2.28. The van der Waals surface area contributed by atoms with Crippen molar-refractivity contribution in [3.8, 4) is 0 Å². The van der Waals surface area contributed by atoms with Gasteiger partial charge in [-0.25, -0.2) is 0 Å². The van der Waals surface area contributed by atoms with E-state index in [0.29, 0.717) is 0 Å². The molecule has 1 aromatic rings. The van der Waals surface area contributed by atoms with Crippen LogP contribution < -0.4 is 0 Å². The van der Waals surface area contributed by atoms with Gasteiger partial charge in [-0.05, 0) is 15.9 Å². The second kappa shape index (κ2) is 1.74. The molecule has 0 saturated carbocycles. The first-order valence-corrected chi connectivity index (χ1v) is 3.59. The van der Waals surface area contributed by atoms with Gasteiger partial charge in [0.15, 0.2) is 0 Å². The quantitative estimate of drug-likeness (QED) is 0.605. The standard InChI is InChI=1S/C7H5BrO/c8-6-4-9-7-3-1-2-5(6)7/h1-2,4H,3H2. The van der Waals surface area contributed by atoms with Crippen LogP contribution in [0.5, 0.6) is 0 Å². The lowest BCUT2D eigenvalue weighted by Crippen LogP contribution is -1.69. The largest absolute Gasteiger partial charge is 0.467 e. The Kier molecular flexibility index (Phi) is 1.02. The summed E-state index contributed by atoms with van der Waals surface area (Å²) in [5.41, 5.74) is 1.20. The molecular weight excluding hydrogens is 180 g/mol. The third-order valence-electron chi connectivity index (χ3n) is 1.45. The monoisotopic (exact) mass is 184 g/mol. The molecule has 0 saturated heterocycles. The predicted octanol–water partition coefficient (Wildman–Crippen LogP) is 2.61. The van der Waals surface area contributed by atoms with Gasteiger partial charge in [-0.15, -0.1) is 0 Å². The summed E-state index contributed by atoms with van der Waals surface area (Å²) in [7, 11) is 0. The predicted molar refractivity (Wildman–Crippen MR) is 39.1 cm³/mol. The van der Waals surface area contributed by atoms with Gasteiger partial charge in [0.25, 0.3) is 0 Å². The Labute approximate surface area is 61.5 Å². The summed E-state index contributed by atoms with van der Waals surface area (Å²) in [5, 5.41) is 0. The van der Waals surface area contributed by atoms with Crippen molar-refractivity contribution < 1.29 is 4.42 Å². The van der Waals surface area contributed by atoms with E-state index < -0.39 is 0 Å². The number of fused-ring (bicyclic) bond motifs is 1. The molecule has 0 aliphatic heterocycles. The highest BCUT2D eigenvalue weighted by molar-refractivity contribution is 9.10. The molecule has 9 heavy (non-hydrogen) atoms.